The standard InChI is InChI=1S/C22H27ClN4O4S/c23-19-8-4-5-9-20(19)32(30,31)25-13-10-21(28)24-12-11-22(29)27-16-14-26(15-17-27)18-6-2-1-3-7-18/h1-9,25H,10-17H2,(H,24,28). The molecule has 1 fully saturated rings. The number of carbonyl (C=O) groups is 2. The van der Waals surface area contributed by atoms with E-state index in [1.165, 1.54) is 12.1 Å². The van der Waals surface area contributed by atoms with Crippen LogP contribution in [-0.2, 0) is 19.6 Å². The lowest BCUT2D eigenvalue weighted by atomic mass is 10.2. The van der Waals surface area contributed by atoms with Crippen LogP contribution >= 0.6 is 11.6 Å². The van der Waals surface area contributed by atoms with Gasteiger partial charge in [0.05, 0.1) is 5.02 Å². The zero-order chi connectivity index (χ0) is 23.0. The van der Waals surface area contributed by atoms with Gasteiger partial charge < -0.3 is 15.1 Å². The highest BCUT2D eigenvalue weighted by molar-refractivity contribution is 7.89. The van der Waals surface area contributed by atoms with Crippen molar-refractivity contribution in [1.82, 2.24) is 14.9 Å². The number of hydrogen-bond donors (Lipinski definition) is 2. The number of rotatable bonds is 9. The summed E-state index contributed by atoms with van der Waals surface area (Å²) in [5, 5.41) is 2.79. The van der Waals surface area contributed by atoms with E-state index in [1.807, 2.05) is 23.1 Å². The third-order valence-electron chi connectivity index (χ3n) is 5.19. The summed E-state index contributed by atoms with van der Waals surface area (Å²) in [7, 11) is -3.79. The maximum atomic E-state index is 12.4. The SMILES string of the molecule is O=C(CCNS(=O)(=O)c1ccccc1Cl)NCCC(=O)N1CCN(c2ccccc2)CC1. The number of carbonyl (C=O) groups excluding carboxylic acids is 2. The van der Waals surface area contributed by atoms with Crippen molar-refractivity contribution in [3.8, 4) is 0 Å². The maximum absolute atomic E-state index is 12.4. The first-order chi connectivity index (χ1) is 15.4. The van der Waals surface area contributed by atoms with Crippen LogP contribution in [0.5, 0.6) is 0 Å². The van der Waals surface area contributed by atoms with Crippen LogP contribution in [0.4, 0.5) is 5.69 Å². The summed E-state index contributed by atoms with van der Waals surface area (Å²) in [6.45, 7) is 2.99. The van der Waals surface area contributed by atoms with Crippen LogP contribution in [0.1, 0.15) is 12.8 Å². The first kappa shape index (κ1) is 24.0. The number of nitrogens with zero attached hydrogens (tertiary/aromatic N) is 2. The second kappa shape index (κ2) is 11.3. The van der Waals surface area contributed by atoms with Crippen molar-refractivity contribution < 1.29 is 18.0 Å². The molecule has 1 heterocycles. The van der Waals surface area contributed by atoms with Crippen molar-refractivity contribution in [1.29, 1.82) is 0 Å². The van der Waals surface area contributed by atoms with Crippen molar-refractivity contribution >= 4 is 39.1 Å². The highest BCUT2D eigenvalue weighted by Gasteiger charge is 2.21. The molecule has 0 radical (unpaired) electrons. The van der Waals surface area contributed by atoms with Gasteiger partial charge in [-0.1, -0.05) is 41.9 Å². The molecule has 2 N–H and O–H groups in total. The average Bonchev–Trinajstić information content (AvgIpc) is 2.80. The number of hydrogen-bond acceptors (Lipinski definition) is 5. The van der Waals surface area contributed by atoms with Gasteiger partial charge in [-0.05, 0) is 24.3 Å². The molecule has 172 valence electrons. The molecule has 8 nitrogen and oxygen atoms in total. The highest BCUT2D eigenvalue weighted by atomic mass is 35.5. The van der Waals surface area contributed by atoms with Gasteiger partial charge in [0.1, 0.15) is 4.90 Å². The van der Waals surface area contributed by atoms with Gasteiger partial charge in [-0.25, -0.2) is 13.1 Å². The van der Waals surface area contributed by atoms with Crippen LogP contribution in [0.25, 0.3) is 0 Å². The molecule has 2 aromatic carbocycles. The number of amides is 2. The molecule has 0 aliphatic carbocycles. The molecule has 0 spiro atoms. The Morgan fingerprint density at radius 3 is 2.22 bits per heavy atom. The lowest BCUT2D eigenvalue weighted by molar-refractivity contribution is -0.131. The molecule has 0 bridgehead atoms. The van der Waals surface area contributed by atoms with Gasteiger partial charge in [-0.3, -0.25) is 9.59 Å². The van der Waals surface area contributed by atoms with Gasteiger partial charge in [-0.15, -0.1) is 0 Å². The predicted molar refractivity (Wildman–Crippen MR) is 124 cm³/mol. The minimum Gasteiger partial charge on any atom is -0.368 e. The molecule has 2 amide bonds. The van der Waals surface area contributed by atoms with E-state index in [-0.39, 0.29) is 47.7 Å². The van der Waals surface area contributed by atoms with Crippen LogP contribution in [0.2, 0.25) is 5.02 Å². The number of halogens is 1. The monoisotopic (exact) mass is 478 g/mol. The van der Waals surface area contributed by atoms with Gasteiger partial charge in [-0.2, -0.15) is 0 Å². The van der Waals surface area contributed by atoms with Crippen molar-refractivity contribution in [2.45, 2.75) is 17.7 Å². The Hall–Kier alpha value is -2.62. The van der Waals surface area contributed by atoms with Gasteiger partial charge in [0.15, 0.2) is 0 Å². The third kappa shape index (κ3) is 6.69. The summed E-state index contributed by atoms with van der Waals surface area (Å²) in [6, 6.07) is 16.2. The number of anilines is 1. The van der Waals surface area contributed by atoms with E-state index >= 15 is 0 Å². The second-order valence-corrected chi connectivity index (χ2v) is 9.52. The van der Waals surface area contributed by atoms with Gasteiger partial charge in [0.2, 0.25) is 21.8 Å². The summed E-state index contributed by atoms with van der Waals surface area (Å²) >= 11 is 5.91. The van der Waals surface area contributed by atoms with Gasteiger partial charge >= 0.3 is 0 Å². The fourth-order valence-corrected chi connectivity index (χ4v) is 5.00. The molecule has 0 aromatic heterocycles. The van der Waals surface area contributed by atoms with Crippen LogP contribution in [0.3, 0.4) is 0 Å². The Bertz CT molecular complexity index is 1030. The first-order valence-corrected chi connectivity index (χ1v) is 12.3. The Labute approximate surface area is 193 Å². The molecule has 2 aromatic rings. The smallest absolute Gasteiger partial charge is 0.242 e. The minimum atomic E-state index is -3.79. The quantitative estimate of drug-likeness (QED) is 0.573. The minimum absolute atomic E-state index is 0.00238. The number of nitrogens with one attached hydrogen (secondary N) is 2. The Balaban J connectivity index is 1.33. The van der Waals surface area contributed by atoms with E-state index in [1.54, 1.807) is 12.1 Å². The summed E-state index contributed by atoms with van der Waals surface area (Å²) in [5.74, 6) is -0.328. The average molecular weight is 479 g/mol. The number of piperazine rings is 1. The Kier molecular flexibility index (Phi) is 8.49. The van der Waals surface area contributed by atoms with E-state index < -0.39 is 10.0 Å². The number of benzene rings is 2. The van der Waals surface area contributed by atoms with E-state index in [9.17, 15) is 18.0 Å². The van der Waals surface area contributed by atoms with Crippen molar-refractivity contribution in [2.24, 2.45) is 0 Å². The Morgan fingerprint density at radius 1 is 0.875 bits per heavy atom. The van der Waals surface area contributed by atoms with Gasteiger partial charge in [0.25, 0.3) is 0 Å². The van der Waals surface area contributed by atoms with Crippen LogP contribution in [0.15, 0.2) is 59.5 Å². The van der Waals surface area contributed by atoms with Crippen molar-refractivity contribution in [2.75, 3.05) is 44.2 Å². The van der Waals surface area contributed by atoms with E-state index in [4.69, 9.17) is 11.6 Å². The van der Waals surface area contributed by atoms with E-state index in [2.05, 4.69) is 27.1 Å². The molecule has 1 aliphatic heterocycles. The van der Waals surface area contributed by atoms with Crippen molar-refractivity contribution in [3.05, 3.63) is 59.6 Å². The van der Waals surface area contributed by atoms with Crippen LogP contribution < -0.4 is 14.9 Å². The normalized spacial score (nSPS) is 14.3. The van der Waals surface area contributed by atoms with Crippen molar-refractivity contribution in [3.63, 3.8) is 0 Å². The highest BCUT2D eigenvalue weighted by Crippen LogP contribution is 2.20. The molecule has 0 unspecified atom stereocenters. The summed E-state index contributed by atoms with van der Waals surface area (Å²) in [6.07, 6.45) is 0.177. The molecule has 3 rings (SSSR count). The summed E-state index contributed by atoms with van der Waals surface area (Å²) in [5.41, 5.74) is 1.15. The lowest BCUT2D eigenvalue weighted by Gasteiger charge is -2.36. The molecule has 32 heavy (non-hydrogen) atoms. The molecule has 1 saturated heterocycles. The molecular weight excluding hydrogens is 452 g/mol. The van der Waals surface area contributed by atoms with E-state index in [0.717, 1.165) is 18.8 Å². The Morgan fingerprint density at radius 2 is 1.53 bits per heavy atom. The summed E-state index contributed by atoms with van der Waals surface area (Å²) < 4.78 is 26.9. The number of sulfonamides is 1. The fraction of sp³-hybridized carbons (Fsp3) is 0.364. The van der Waals surface area contributed by atoms with Gasteiger partial charge in [0, 0.05) is 57.8 Å². The molecular formula is C22H27ClN4O4S. The number of para-hydroxylation sites is 1. The zero-order valence-electron chi connectivity index (χ0n) is 17.7. The first-order valence-electron chi connectivity index (χ1n) is 10.5. The topological polar surface area (TPSA) is 98.8 Å². The molecule has 0 atom stereocenters. The predicted octanol–water partition coefficient (Wildman–Crippen LogP) is 1.86. The second-order valence-electron chi connectivity index (χ2n) is 7.38. The van der Waals surface area contributed by atoms with E-state index in [0.29, 0.717) is 13.1 Å². The van der Waals surface area contributed by atoms with Crippen LogP contribution in [-0.4, -0.2) is 64.4 Å². The molecule has 1 aliphatic rings. The lowest BCUT2D eigenvalue weighted by Crippen LogP contribution is -2.49. The molecule has 10 heteroatoms. The maximum Gasteiger partial charge on any atom is 0.242 e. The zero-order valence-corrected chi connectivity index (χ0v) is 19.2. The summed E-state index contributed by atoms with van der Waals surface area (Å²) in [4.78, 5) is 28.4. The molecule has 0 saturated carbocycles. The van der Waals surface area contributed by atoms with Crippen LogP contribution in [0, 0.1) is 0 Å². The largest absolute Gasteiger partial charge is 0.368 e. The fourth-order valence-electron chi connectivity index (χ4n) is 3.45. The third-order valence-corrected chi connectivity index (χ3v) is 7.15.